The van der Waals surface area contributed by atoms with Gasteiger partial charge in [-0.25, -0.2) is 0 Å². The molecule has 5 heteroatoms. The van der Waals surface area contributed by atoms with Crippen LogP contribution in [0.4, 0.5) is 0 Å². The molecule has 0 bridgehead atoms. The summed E-state index contributed by atoms with van der Waals surface area (Å²) in [6, 6.07) is 0. The summed E-state index contributed by atoms with van der Waals surface area (Å²) in [5, 5.41) is 7.23. The van der Waals surface area contributed by atoms with Gasteiger partial charge < -0.3 is 14.6 Å². The van der Waals surface area contributed by atoms with E-state index in [4.69, 9.17) is 9.26 Å². The van der Waals surface area contributed by atoms with Crippen LogP contribution in [0.3, 0.4) is 0 Å². The lowest BCUT2D eigenvalue weighted by molar-refractivity contribution is 0.116. The first-order valence-corrected chi connectivity index (χ1v) is 5.83. The highest BCUT2D eigenvalue weighted by Gasteiger charge is 2.20. The van der Waals surface area contributed by atoms with Gasteiger partial charge in [0, 0.05) is 13.5 Å². The van der Waals surface area contributed by atoms with Crippen molar-refractivity contribution in [3.63, 3.8) is 0 Å². The lowest BCUT2D eigenvalue weighted by Crippen LogP contribution is -2.16. The molecular weight excluding hydrogens is 206 g/mol. The second-order valence-electron chi connectivity index (χ2n) is 4.43. The van der Waals surface area contributed by atoms with Crippen molar-refractivity contribution in [2.75, 3.05) is 13.7 Å². The topological polar surface area (TPSA) is 60.2 Å². The predicted molar refractivity (Wildman–Crippen MR) is 58.9 cm³/mol. The lowest BCUT2D eigenvalue weighted by Gasteiger charge is -2.03. The summed E-state index contributed by atoms with van der Waals surface area (Å²) in [6.45, 7) is 3.72. The Balaban J connectivity index is 1.72. The summed E-state index contributed by atoms with van der Waals surface area (Å²) in [7, 11) is 1.68. The van der Waals surface area contributed by atoms with Crippen LogP contribution in [0.25, 0.3) is 0 Å². The van der Waals surface area contributed by atoms with E-state index in [2.05, 4.69) is 15.5 Å². The normalized spacial score (nSPS) is 17.6. The summed E-state index contributed by atoms with van der Waals surface area (Å²) in [6.07, 6.45) is 3.54. The molecule has 0 aliphatic heterocycles. The molecule has 1 atom stereocenters. The van der Waals surface area contributed by atoms with Gasteiger partial charge in [0.1, 0.15) is 0 Å². The molecule has 90 valence electrons. The van der Waals surface area contributed by atoms with Crippen molar-refractivity contribution in [1.82, 2.24) is 15.5 Å². The number of rotatable bonds is 7. The number of hydrogen-bond acceptors (Lipinski definition) is 5. The van der Waals surface area contributed by atoms with Gasteiger partial charge in [-0.05, 0) is 32.2 Å². The van der Waals surface area contributed by atoms with Gasteiger partial charge in [-0.2, -0.15) is 4.98 Å². The highest BCUT2D eigenvalue weighted by atomic mass is 16.5. The zero-order chi connectivity index (χ0) is 11.4. The van der Waals surface area contributed by atoms with Gasteiger partial charge in [0.15, 0.2) is 5.82 Å². The molecule has 16 heavy (non-hydrogen) atoms. The maximum atomic E-state index is 5.15. The van der Waals surface area contributed by atoms with E-state index in [0.29, 0.717) is 18.9 Å². The smallest absolute Gasteiger partial charge is 0.240 e. The zero-order valence-corrected chi connectivity index (χ0v) is 9.90. The van der Waals surface area contributed by atoms with Gasteiger partial charge in [0.05, 0.1) is 12.6 Å². The number of ether oxygens (including phenoxy) is 1. The summed E-state index contributed by atoms with van der Waals surface area (Å²) in [5.74, 6) is 2.26. The molecule has 1 fully saturated rings. The van der Waals surface area contributed by atoms with Crippen molar-refractivity contribution in [2.24, 2.45) is 5.92 Å². The maximum Gasteiger partial charge on any atom is 0.240 e. The molecule has 1 aromatic rings. The SMILES string of the molecule is COC(C)Cc1noc(CNCC2CC2)n1. The zero-order valence-electron chi connectivity index (χ0n) is 9.90. The van der Waals surface area contributed by atoms with E-state index in [-0.39, 0.29) is 6.10 Å². The molecule has 5 nitrogen and oxygen atoms in total. The Labute approximate surface area is 95.6 Å². The Kier molecular flexibility index (Phi) is 3.90. The highest BCUT2D eigenvalue weighted by Crippen LogP contribution is 2.27. The highest BCUT2D eigenvalue weighted by molar-refractivity contribution is 4.88. The van der Waals surface area contributed by atoms with Crippen molar-refractivity contribution >= 4 is 0 Å². The van der Waals surface area contributed by atoms with Crippen LogP contribution in [0.5, 0.6) is 0 Å². The third kappa shape index (κ3) is 3.57. The summed E-state index contributed by atoms with van der Waals surface area (Å²) in [5.41, 5.74) is 0. The van der Waals surface area contributed by atoms with E-state index >= 15 is 0 Å². The molecule has 1 aliphatic rings. The maximum absolute atomic E-state index is 5.15. The second-order valence-corrected chi connectivity index (χ2v) is 4.43. The van der Waals surface area contributed by atoms with Crippen LogP contribution >= 0.6 is 0 Å². The minimum atomic E-state index is 0.130. The molecule has 1 N–H and O–H groups in total. The Morgan fingerprint density at radius 2 is 2.38 bits per heavy atom. The summed E-state index contributed by atoms with van der Waals surface area (Å²) < 4.78 is 10.3. The van der Waals surface area contributed by atoms with Crippen molar-refractivity contribution in [1.29, 1.82) is 0 Å². The molecular formula is C11H19N3O2. The largest absolute Gasteiger partial charge is 0.381 e. The van der Waals surface area contributed by atoms with Crippen LogP contribution in [0, 0.1) is 5.92 Å². The first-order chi connectivity index (χ1) is 7.78. The fourth-order valence-electron chi connectivity index (χ4n) is 1.49. The van der Waals surface area contributed by atoms with Crippen molar-refractivity contribution < 1.29 is 9.26 Å². The van der Waals surface area contributed by atoms with Crippen LogP contribution in [-0.4, -0.2) is 29.9 Å². The van der Waals surface area contributed by atoms with Gasteiger partial charge in [0.25, 0.3) is 0 Å². The van der Waals surface area contributed by atoms with Gasteiger partial charge in [-0.15, -0.1) is 0 Å². The third-order valence-corrected chi connectivity index (χ3v) is 2.79. The number of hydrogen-bond donors (Lipinski definition) is 1. The fourth-order valence-corrected chi connectivity index (χ4v) is 1.49. The van der Waals surface area contributed by atoms with Crippen molar-refractivity contribution in [3.05, 3.63) is 11.7 Å². The van der Waals surface area contributed by atoms with Gasteiger partial charge in [-0.3, -0.25) is 0 Å². The molecule has 0 spiro atoms. The van der Waals surface area contributed by atoms with E-state index < -0.39 is 0 Å². The van der Waals surface area contributed by atoms with Crippen LogP contribution in [0.15, 0.2) is 4.52 Å². The van der Waals surface area contributed by atoms with Crippen molar-refractivity contribution in [2.45, 2.75) is 38.8 Å². The van der Waals surface area contributed by atoms with E-state index in [1.54, 1.807) is 7.11 Å². The van der Waals surface area contributed by atoms with Crippen molar-refractivity contribution in [3.8, 4) is 0 Å². The number of nitrogens with one attached hydrogen (secondary N) is 1. The first kappa shape index (κ1) is 11.5. The minimum Gasteiger partial charge on any atom is -0.381 e. The molecule has 1 saturated carbocycles. The van der Waals surface area contributed by atoms with Gasteiger partial charge in [0.2, 0.25) is 5.89 Å². The molecule has 0 radical (unpaired) electrons. The quantitative estimate of drug-likeness (QED) is 0.754. The fraction of sp³-hybridized carbons (Fsp3) is 0.818. The van der Waals surface area contributed by atoms with Crippen LogP contribution < -0.4 is 5.32 Å². The average molecular weight is 225 g/mol. The molecule has 1 heterocycles. The average Bonchev–Trinajstić information content (AvgIpc) is 2.99. The van der Waals surface area contributed by atoms with Gasteiger partial charge >= 0.3 is 0 Å². The molecule has 0 amide bonds. The van der Waals surface area contributed by atoms with E-state index in [1.807, 2.05) is 6.92 Å². The van der Waals surface area contributed by atoms with Crippen LogP contribution in [0.1, 0.15) is 31.5 Å². The molecule has 0 aromatic carbocycles. The Bertz CT molecular complexity index is 323. The molecule has 1 aromatic heterocycles. The number of methoxy groups -OCH3 is 1. The summed E-state index contributed by atoms with van der Waals surface area (Å²) >= 11 is 0. The standard InChI is InChI=1S/C11H19N3O2/c1-8(15-2)5-10-13-11(16-14-10)7-12-6-9-3-4-9/h8-9,12H,3-7H2,1-2H3. The predicted octanol–water partition coefficient (Wildman–Crippen LogP) is 1.15. The van der Waals surface area contributed by atoms with E-state index in [0.717, 1.165) is 18.3 Å². The van der Waals surface area contributed by atoms with Crippen LogP contribution in [0.2, 0.25) is 0 Å². The second kappa shape index (κ2) is 5.41. The molecule has 1 unspecified atom stereocenters. The van der Waals surface area contributed by atoms with E-state index in [9.17, 15) is 0 Å². The minimum absolute atomic E-state index is 0.130. The number of aromatic nitrogens is 2. The van der Waals surface area contributed by atoms with Crippen LogP contribution in [-0.2, 0) is 17.7 Å². The molecule has 1 aliphatic carbocycles. The first-order valence-electron chi connectivity index (χ1n) is 5.83. The Hall–Kier alpha value is -0.940. The summed E-state index contributed by atoms with van der Waals surface area (Å²) in [4.78, 5) is 4.30. The molecule has 0 saturated heterocycles. The Morgan fingerprint density at radius 3 is 3.06 bits per heavy atom. The number of nitrogens with zero attached hydrogens (tertiary/aromatic N) is 2. The lowest BCUT2D eigenvalue weighted by atomic mass is 10.3. The monoisotopic (exact) mass is 225 g/mol. The molecule has 2 rings (SSSR count). The van der Waals surface area contributed by atoms with E-state index in [1.165, 1.54) is 12.8 Å². The third-order valence-electron chi connectivity index (χ3n) is 2.79. The van der Waals surface area contributed by atoms with Gasteiger partial charge in [-0.1, -0.05) is 5.16 Å². The Morgan fingerprint density at radius 1 is 1.56 bits per heavy atom.